The van der Waals surface area contributed by atoms with E-state index in [1.165, 1.54) is 0 Å². The predicted octanol–water partition coefficient (Wildman–Crippen LogP) is 3.80. The first-order chi connectivity index (χ1) is 10.2. The Morgan fingerprint density at radius 3 is 2.90 bits per heavy atom. The molecule has 0 atom stereocenters. The minimum atomic E-state index is -0.235. The summed E-state index contributed by atoms with van der Waals surface area (Å²) < 4.78 is 1.94. The molecular formula is C16H14ClN3O. The van der Waals surface area contributed by atoms with Gasteiger partial charge in [-0.3, -0.25) is 4.79 Å². The number of amides is 1. The first kappa shape index (κ1) is 13.6. The van der Waals surface area contributed by atoms with Gasteiger partial charge in [0.1, 0.15) is 5.82 Å². The van der Waals surface area contributed by atoms with Crippen molar-refractivity contribution < 1.29 is 4.79 Å². The second-order valence-electron chi connectivity index (χ2n) is 4.65. The van der Waals surface area contributed by atoms with Crippen LogP contribution in [0.25, 0.3) is 5.52 Å². The van der Waals surface area contributed by atoms with Gasteiger partial charge in [-0.15, -0.1) is 0 Å². The van der Waals surface area contributed by atoms with Crippen LogP contribution < -0.4 is 5.32 Å². The summed E-state index contributed by atoms with van der Waals surface area (Å²) in [6.45, 7) is 2.01. The second kappa shape index (κ2) is 5.58. The number of carbonyl (C=O) groups is 1. The number of hydrogen-bond acceptors (Lipinski definition) is 2. The molecule has 1 amide bonds. The Morgan fingerprint density at radius 1 is 1.29 bits per heavy atom. The maximum absolute atomic E-state index is 12.4. The van der Waals surface area contributed by atoms with Crippen molar-refractivity contribution in [3.8, 4) is 0 Å². The van der Waals surface area contributed by atoms with E-state index >= 15 is 0 Å². The van der Waals surface area contributed by atoms with Crippen LogP contribution in [0.2, 0.25) is 5.02 Å². The molecule has 0 aliphatic heterocycles. The van der Waals surface area contributed by atoms with E-state index in [9.17, 15) is 4.79 Å². The minimum absolute atomic E-state index is 0.235. The van der Waals surface area contributed by atoms with Crippen molar-refractivity contribution in [2.24, 2.45) is 0 Å². The number of rotatable bonds is 3. The van der Waals surface area contributed by atoms with Gasteiger partial charge in [0.15, 0.2) is 5.69 Å². The van der Waals surface area contributed by atoms with Crippen LogP contribution in [0, 0.1) is 0 Å². The molecule has 0 aliphatic rings. The van der Waals surface area contributed by atoms with Crippen molar-refractivity contribution in [2.45, 2.75) is 13.3 Å². The number of pyridine rings is 1. The zero-order chi connectivity index (χ0) is 14.8. The third kappa shape index (κ3) is 2.62. The number of benzene rings is 1. The fourth-order valence-electron chi connectivity index (χ4n) is 2.27. The van der Waals surface area contributed by atoms with Crippen LogP contribution >= 0.6 is 11.6 Å². The van der Waals surface area contributed by atoms with Crippen molar-refractivity contribution in [1.29, 1.82) is 0 Å². The van der Waals surface area contributed by atoms with E-state index in [-0.39, 0.29) is 5.91 Å². The van der Waals surface area contributed by atoms with Crippen LogP contribution in [0.1, 0.15) is 23.2 Å². The first-order valence-electron chi connectivity index (χ1n) is 6.72. The van der Waals surface area contributed by atoms with Crippen LogP contribution in [0.3, 0.4) is 0 Å². The lowest BCUT2D eigenvalue weighted by atomic mass is 10.3. The normalized spacial score (nSPS) is 10.8. The topological polar surface area (TPSA) is 46.4 Å². The van der Waals surface area contributed by atoms with Gasteiger partial charge in [0.25, 0.3) is 5.91 Å². The Balaban J connectivity index is 1.98. The average Bonchev–Trinajstić information content (AvgIpc) is 2.86. The Labute approximate surface area is 127 Å². The van der Waals surface area contributed by atoms with Gasteiger partial charge in [0.2, 0.25) is 0 Å². The maximum Gasteiger partial charge on any atom is 0.276 e. The molecule has 0 spiro atoms. The molecule has 1 aromatic carbocycles. The van der Waals surface area contributed by atoms with E-state index < -0.39 is 0 Å². The van der Waals surface area contributed by atoms with Crippen molar-refractivity contribution in [2.75, 3.05) is 5.32 Å². The maximum atomic E-state index is 12.4. The largest absolute Gasteiger partial charge is 0.321 e. The Morgan fingerprint density at radius 2 is 2.14 bits per heavy atom. The number of fused-ring (bicyclic) bond motifs is 1. The third-order valence-corrected chi connectivity index (χ3v) is 3.47. The number of aryl methyl sites for hydroxylation is 1. The minimum Gasteiger partial charge on any atom is -0.321 e. The molecular weight excluding hydrogens is 286 g/mol. The fraction of sp³-hybridized carbons (Fsp3) is 0.125. The van der Waals surface area contributed by atoms with Crippen LogP contribution in [0.5, 0.6) is 0 Å². The number of imidazole rings is 1. The highest BCUT2D eigenvalue weighted by molar-refractivity contribution is 6.31. The monoisotopic (exact) mass is 299 g/mol. The van der Waals surface area contributed by atoms with Crippen molar-refractivity contribution in [1.82, 2.24) is 9.38 Å². The number of nitrogens with one attached hydrogen (secondary N) is 1. The molecule has 0 radical (unpaired) electrons. The number of halogens is 1. The molecule has 0 fully saturated rings. The van der Waals surface area contributed by atoms with Gasteiger partial charge in [0.05, 0.1) is 5.52 Å². The SMILES string of the molecule is CCc1nc(C(=O)Nc2cccc(Cl)c2)c2ccccn12. The molecule has 2 aromatic heterocycles. The Bertz CT molecular complexity index is 810. The van der Waals surface area contributed by atoms with Crippen molar-refractivity contribution in [3.63, 3.8) is 0 Å². The van der Waals surface area contributed by atoms with Crippen LogP contribution in [0.4, 0.5) is 5.69 Å². The molecule has 1 N–H and O–H groups in total. The molecule has 0 saturated heterocycles. The van der Waals surface area contributed by atoms with Gasteiger partial charge in [-0.1, -0.05) is 30.7 Å². The molecule has 0 aliphatic carbocycles. The highest BCUT2D eigenvalue weighted by Gasteiger charge is 2.16. The van der Waals surface area contributed by atoms with Gasteiger partial charge >= 0.3 is 0 Å². The summed E-state index contributed by atoms with van der Waals surface area (Å²) in [6.07, 6.45) is 2.67. The third-order valence-electron chi connectivity index (χ3n) is 3.24. The summed E-state index contributed by atoms with van der Waals surface area (Å²) in [5.74, 6) is 0.627. The molecule has 3 rings (SSSR count). The van der Waals surface area contributed by atoms with Crippen molar-refractivity contribution >= 4 is 28.7 Å². The molecule has 106 valence electrons. The highest BCUT2D eigenvalue weighted by atomic mass is 35.5. The summed E-state index contributed by atoms with van der Waals surface area (Å²) in [6, 6.07) is 12.8. The zero-order valence-corrected chi connectivity index (χ0v) is 12.3. The molecule has 21 heavy (non-hydrogen) atoms. The summed E-state index contributed by atoms with van der Waals surface area (Å²) in [5.41, 5.74) is 1.88. The van der Waals surface area contributed by atoms with E-state index in [0.29, 0.717) is 16.4 Å². The number of aromatic nitrogens is 2. The molecule has 5 heteroatoms. The van der Waals surface area contributed by atoms with E-state index in [4.69, 9.17) is 11.6 Å². The number of anilines is 1. The Hall–Kier alpha value is -2.33. The highest BCUT2D eigenvalue weighted by Crippen LogP contribution is 2.18. The van der Waals surface area contributed by atoms with Crippen LogP contribution in [0.15, 0.2) is 48.7 Å². The lowest BCUT2D eigenvalue weighted by molar-refractivity contribution is 0.102. The van der Waals surface area contributed by atoms with E-state index in [0.717, 1.165) is 17.8 Å². The van der Waals surface area contributed by atoms with E-state index in [1.54, 1.807) is 24.3 Å². The Kier molecular flexibility index (Phi) is 3.62. The standard InChI is InChI=1S/C16H14ClN3O/c1-2-14-19-15(13-8-3-4-9-20(13)14)16(21)18-12-7-5-6-11(17)10-12/h3-10H,2H2,1H3,(H,18,21). The summed E-state index contributed by atoms with van der Waals surface area (Å²) >= 11 is 5.92. The summed E-state index contributed by atoms with van der Waals surface area (Å²) in [7, 11) is 0. The number of nitrogens with zero attached hydrogens (tertiary/aromatic N) is 2. The molecule has 3 aromatic rings. The van der Waals surface area contributed by atoms with E-state index in [1.807, 2.05) is 35.7 Å². The lowest BCUT2D eigenvalue weighted by Gasteiger charge is -2.03. The van der Waals surface area contributed by atoms with Crippen LogP contribution in [-0.4, -0.2) is 15.3 Å². The van der Waals surface area contributed by atoms with Gasteiger partial charge in [-0.25, -0.2) is 4.98 Å². The van der Waals surface area contributed by atoms with Gasteiger partial charge in [-0.05, 0) is 30.3 Å². The second-order valence-corrected chi connectivity index (χ2v) is 5.09. The molecule has 0 unspecified atom stereocenters. The first-order valence-corrected chi connectivity index (χ1v) is 7.09. The fourth-order valence-corrected chi connectivity index (χ4v) is 2.46. The lowest BCUT2D eigenvalue weighted by Crippen LogP contribution is -2.12. The smallest absolute Gasteiger partial charge is 0.276 e. The molecule has 0 saturated carbocycles. The average molecular weight is 300 g/mol. The molecule has 0 bridgehead atoms. The number of carbonyl (C=O) groups excluding carboxylic acids is 1. The summed E-state index contributed by atoms with van der Waals surface area (Å²) in [5, 5.41) is 3.41. The number of hydrogen-bond donors (Lipinski definition) is 1. The summed E-state index contributed by atoms with van der Waals surface area (Å²) in [4.78, 5) is 16.9. The van der Waals surface area contributed by atoms with Crippen molar-refractivity contribution in [3.05, 3.63) is 65.2 Å². The van der Waals surface area contributed by atoms with Crippen LogP contribution in [-0.2, 0) is 6.42 Å². The van der Waals surface area contributed by atoms with Gasteiger partial charge in [0, 0.05) is 23.3 Å². The quantitative estimate of drug-likeness (QED) is 0.799. The van der Waals surface area contributed by atoms with Gasteiger partial charge in [-0.2, -0.15) is 0 Å². The van der Waals surface area contributed by atoms with E-state index in [2.05, 4.69) is 10.3 Å². The van der Waals surface area contributed by atoms with Gasteiger partial charge < -0.3 is 9.72 Å². The zero-order valence-electron chi connectivity index (χ0n) is 11.5. The molecule has 2 heterocycles. The predicted molar refractivity (Wildman–Crippen MR) is 84.0 cm³/mol. The molecule has 4 nitrogen and oxygen atoms in total.